The summed E-state index contributed by atoms with van der Waals surface area (Å²) in [6.45, 7) is 7.28. The number of aliphatic hydroxyl groups is 1. The predicted molar refractivity (Wildman–Crippen MR) is 102 cm³/mol. The van der Waals surface area contributed by atoms with E-state index in [-0.39, 0.29) is 11.9 Å². The first-order valence-corrected chi connectivity index (χ1v) is 9.12. The van der Waals surface area contributed by atoms with Crippen molar-refractivity contribution in [3.63, 3.8) is 0 Å². The van der Waals surface area contributed by atoms with Gasteiger partial charge in [0.1, 0.15) is 31.6 Å². The van der Waals surface area contributed by atoms with Crippen molar-refractivity contribution in [3.8, 4) is 0 Å². The fraction of sp³-hybridized carbons (Fsp3) is 0.429. The third kappa shape index (κ3) is 6.75. The molecule has 1 aromatic heterocycles. The number of allylic oxidation sites excluding steroid dienone is 1. The van der Waals surface area contributed by atoms with E-state index in [0.717, 1.165) is 37.2 Å². The molecule has 0 fully saturated rings. The summed E-state index contributed by atoms with van der Waals surface area (Å²) in [6, 6.07) is 10.8. The number of nitrogens with zero attached hydrogens (tertiary/aromatic N) is 1. The molecule has 0 bridgehead atoms. The normalized spacial score (nSPS) is 13.5. The monoisotopic (exact) mass is 361 g/mol. The molecule has 0 aliphatic rings. The number of methoxy groups -OCH3 is 1. The van der Waals surface area contributed by atoms with Crippen LogP contribution < -0.4 is 4.90 Å². The Morgan fingerprint density at radius 1 is 1.35 bits per heavy atom. The molecule has 0 spiro atoms. The van der Waals surface area contributed by atoms with Gasteiger partial charge in [-0.2, -0.15) is 0 Å². The van der Waals surface area contributed by atoms with Gasteiger partial charge in [0.25, 0.3) is 0 Å². The highest BCUT2D eigenvalue weighted by Crippen LogP contribution is 2.09. The molecule has 2 aromatic rings. The highest BCUT2D eigenvalue weighted by molar-refractivity contribution is 5.18. The van der Waals surface area contributed by atoms with Gasteiger partial charge >= 0.3 is 0 Å². The Labute approximate surface area is 155 Å². The van der Waals surface area contributed by atoms with Crippen LogP contribution in [0.25, 0.3) is 0 Å². The molecule has 1 aromatic carbocycles. The molecule has 5 heteroatoms. The maximum absolute atomic E-state index is 13.4. The van der Waals surface area contributed by atoms with Crippen molar-refractivity contribution in [1.29, 1.82) is 0 Å². The van der Waals surface area contributed by atoms with Gasteiger partial charge in [0, 0.05) is 19.9 Å². The summed E-state index contributed by atoms with van der Waals surface area (Å²) >= 11 is 0. The number of aromatic nitrogens is 1. The van der Waals surface area contributed by atoms with Gasteiger partial charge in [0.2, 0.25) is 0 Å². The van der Waals surface area contributed by atoms with Gasteiger partial charge in [0.15, 0.2) is 0 Å². The minimum Gasteiger partial charge on any atom is -0.387 e. The number of rotatable bonds is 12. The average Bonchev–Trinajstić information content (AvgIpc) is 3.04. The second-order valence-corrected chi connectivity index (χ2v) is 6.65. The van der Waals surface area contributed by atoms with Crippen molar-refractivity contribution >= 4 is 0 Å². The van der Waals surface area contributed by atoms with Crippen LogP contribution >= 0.6 is 0 Å². The number of halogens is 1. The zero-order chi connectivity index (χ0) is 18.8. The van der Waals surface area contributed by atoms with E-state index in [0.29, 0.717) is 19.7 Å². The molecule has 0 saturated heterocycles. The smallest absolute Gasteiger partial charge is 0.123 e. The van der Waals surface area contributed by atoms with Gasteiger partial charge in [0.05, 0.1) is 12.3 Å². The van der Waals surface area contributed by atoms with Gasteiger partial charge in [-0.15, -0.1) is 6.58 Å². The lowest BCUT2D eigenvalue weighted by Gasteiger charge is -2.23. The van der Waals surface area contributed by atoms with Gasteiger partial charge in [-0.3, -0.25) is 0 Å². The second kappa shape index (κ2) is 10.9. The van der Waals surface area contributed by atoms with Crippen LogP contribution in [0.2, 0.25) is 0 Å². The van der Waals surface area contributed by atoms with E-state index in [1.54, 1.807) is 19.2 Å². The van der Waals surface area contributed by atoms with Crippen LogP contribution in [0.5, 0.6) is 0 Å². The largest absolute Gasteiger partial charge is 0.387 e. The molecule has 0 saturated carbocycles. The third-order valence-electron chi connectivity index (χ3n) is 4.48. The summed E-state index contributed by atoms with van der Waals surface area (Å²) in [5, 5.41) is 10.3. The van der Waals surface area contributed by atoms with Crippen molar-refractivity contribution < 1.29 is 19.1 Å². The number of hydrogen-bond acceptors (Lipinski definition) is 2. The number of benzene rings is 1. The molecular weight excluding hydrogens is 331 g/mol. The molecule has 26 heavy (non-hydrogen) atoms. The Bertz CT molecular complexity index is 672. The fourth-order valence-corrected chi connectivity index (χ4v) is 3.11. The molecule has 0 aliphatic heterocycles. The molecule has 4 nitrogen and oxygen atoms in total. The van der Waals surface area contributed by atoms with Crippen molar-refractivity contribution in [3.05, 3.63) is 72.3 Å². The minimum atomic E-state index is -0.355. The first-order chi connectivity index (χ1) is 12.6. The Kier molecular flexibility index (Phi) is 8.54. The van der Waals surface area contributed by atoms with E-state index in [1.807, 2.05) is 24.4 Å². The molecule has 0 aliphatic carbocycles. The fourth-order valence-electron chi connectivity index (χ4n) is 3.11. The van der Waals surface area contributed by atoms with E-state index in [9.17, 15) is 9.50 Å². The molecule has 142 valence electrons. The van der Waals surface area contributed by atoms with E-state index in [2.05, 4.69) is 17.2 Å². The molecular formula is C21H30FN2O2+. The second-order valence-electron chi connectivity index (χ2n) is 6.65. The zero-order valence-electron chi connectivity index (χ0n) is 15.5. The maximum Gasteiger partial charge on any atom is 0.123 e. The Morgan fingerprint density at radius 3 is 2.92 bits per heavy atom. The SMILES string of the molecule is C=CCC[C@@H](O)C[NH+](CCOC)Cc1cccn1Cc1cccc(F)c1. The van der Waals surface area contributed by atoms with E-state index < -0.39 is 0 Å². The first kappa shape index (κ1) is 20.4. The Hall–Kier alpha value is -1.95. The Morgan fingerprint density at radius 2 is 2.19 bits per heavy atom. The van der Waals surface area contributed by atoms with Gasteiger partial charge in [-0.25, -0.2) is 4.39 Å². The third-order valence-corrected chi connectivity index (χ3v) is 4.48. The van der Waals surface area contributed by atoms with Crippen LogP contribution in [0.4, 0.5) is 4.39 Å². The van der Waals surface area contributed by atoms with Crippen LogP contribution in [-0.4, -0.2) is 42.6 Å². The van der Waals surface area contributed by atoms with Crippen LogP contribution in [0.1, 0.15) is 24.1 Å². The topological polar surface area (TPSA) is 38.8 Å². The quantitative estimate of drug-likeness (QED) is 0.568. The average molecular weight is 361 g/mol. The van der Waals surface area contributed by atoms with Crippen molar-refractivity contribution in [2.45, 2.75) is 32.0 Å². The maximum atomic E-state index is 13.4. The van der Waals surface area contributed by atoms with E-state index in [1.165, 1.54) is 11.0 Å². The number of aliphatic hydroxyl groups excluding tert-OH is 1. The van der Waals surface area contributed by atoms with Crippen molar-refractivity contribution in [1.82, 2.24) is 4.57 Å². The minimum absolute atomic E-state index is 0.214. The van der Waals surface area contributed by atoms with Gasteiger partial charge in [-0.1, -0.05) is 18.2 Å². The summed E-state index contributed by atoms with van der Waals surface area (Å²) in [6.07, 6.45) is 5.04. The van der Waals surface area contributed by atoms with Crippen LogP contribution in [0.3, 0.4) is 0 Å². The highest BCUT2D eigenvalue weighted by atomic mass is 19.1. The lowest BCUT2D eigenvalue weighted by molar-refractivity contribution is -0.917. The lowest BCUT2D eigenvalue weighted by Crippen LogP contribution is -3.12. The standard InChI is InChI=1S/C21H29FN2O2/c1-3-4-10-21(25)17-23(12-13-26-2)16-20-9-6-11-24(20)15-18-7-5-8-19(22)14-18/h3,5-9,11,14,21,25H,1,4,10,12-13,15-17H2,2H3/p+1/t21-/m1/s1. The van der Waals surface area contributed by atoms with Crippen molar-refractivity contribution in [2.24, 2.45) is 0 Å². The molecule has 2 rings (SSSR count). The summed E-state index contributed by atoms with van der Waals surface area (Å²) in [5.74, 6) is -0.214. The summed E-state index contributed by atoms with van der Waals surface area (Å²) < 4.78 is 20.8. The summed E-state index contributed by atoms with van der Waals surface area (Å²) in [7, 11) is 1.69. The van der Waals surface area contributed by atoms with Crippen molar-refractivity contribution in [2.75, 3.05) is 26.8 Å². The number of nitrogens with one attached hydrogen (secondary N) is 1. The first-order valence-electron chi connectivity index (χ1n) is 9.12. The predicted octanol–water partition coefficient (Wildman–Crippen LogP) is 2.03. The van der Waals surface area contributed by atoms with Crippen LogP contribution in [0.15, 0.2) is 55.3 Å². The van der Waals surface area contributed by atoms with E-state index in [4.69, 9.17) is 4.74 Å². The molecule has 2 atom stereocenters. The van der Waals surface area contributed by atoms with E-state index >= 15 is 0 Å². The molecule has 2 N–H and O–H groups in total. The molecule has 0 amide bonds. The lowest BCUT2D eigenvalue weighted by atomic mass is 10.2. The summed E-state index contributed by atoms with van der Waals surface area (Å²) in [5.41, 5.74) is 2.10. The van der Waals surface area contributed by atoms with Crippen LogP contribution in [0, 0.1) is 5.82 Å². The zero-order valence-corrected chi connectivity index (χ0v) is 15.5. The molecule has 1 heterocycles. The molecule has 0 radical (unpaired) electrons. The van der Waals surface area contributed by atoms with Gasteiger partial charge < -0.3 is 19.3 Å². The summed E-state index contributed by atoms with van der Waals surface area (Å²) in [4.78, 5) is 1.27. The highest BCUT2D eigenvalue weighted by Gasteiger charge is 2.17. The van der Waals surface area contributed by atoms with Gasteiger partial charge in [-0.05, 0) is 42.7 Å². The molecule has 1 unspecified atom stereocenters. The van der Waals surface area contributed by atoms with Crippen LogP contribution in [-0.2, 0) is 17.8 Å². The Balaban J connectivity index is 2.03. The number of hydrogen-bond donors (Lipinski definition) is 2. The number of quaternary nitrogens is 1. The number of ether oxygens (including phenoxy) is 1.